The molecule has 0 saturated heterocycles. The molecule has 1 saturated carbocycles. The Morgan fingerprint density at radius 1 is 1.23 bits per heavy atom. The number of ether oxygens (including phenoxy) is 1. The standard InChI is InChI=1S/C25H33N5O5/c1-16-20(22(31)28-15-27-16)25(10-11-25)24(34)30-19(23(32)33)9-14-35-13-3-2-6-18-8-7-17-5-4-12-26-21(17)29-18/h7-8,15,19H,2-6,9-14H2,1H3,(H,26,29)(H,30,34)(H,32,33)(H,27,28,31)/t19-/m0/s1. The number of anilines is 1. The smallest absolute Gasteiger partial charge is 0.326 e. The first kappa shape index (κ1) is 24.8. The summed E-state index contributed by atoms with van der Waals surface area (Å²) in [5.74, 6) is -0.771. The van der Waals surface area contributed by atoms with Gasteiger partial charge in [0.05, 0.1) is 11.0 Å². The van der Waals surface area contributed by atoms with Gasteiger partial charge < -0.3 is 25.6 Å². The Morgan fingerprint density at radius 3 is 2.80 bits per heavy atom. The second-order valence-corrected chi connectivity index (χ2v) is 9.30. The lowest BCUT2D eigenvalue weighted by Gasteiger charge is -2.21. The van der Waals surface area contributed by atoms with E-state index < -0.39 is 23.3 Å². The Labute approximate surface area is 204 Å². The van der Waals surface area contributed by atoms with Crippen molar-refractivity contribution in [1.82, 2.24) is 20.3 Å². The number of aromatic hydroxyl groups is 1. The highest BCUT2D eigenvalue weighted by atomic mass is 16.5. The zero-order chi connectivity index (χ0) is 24.8. The summed E-state index contributed by atoms with van der Waals surface area (Å²) < 4.78 is 5.64. The monoisotopic (exact) mass is 483 g/mol. The highest BCUT2D eigenvalue weighted by Gasteiger charge is 2.55. The van der Waals surface area contributed by atoms with E-state index in [0.29, 0.717) is 30.7 Å². The lowest BCUT2D eigenvalue weighted by Crippen LogP contribution is -2.46. The number of unbranched alkanes of at least 4 members (excludes halogenated alkanes) is 1. The number of hydrogen-bond acceptors (Lipinski definition) is 8. The average Bonchev–Trinajstić information content (AvgIpc) is 3.64. The van der Waals surface area contributed by atoms with Gasteiger partial charge >= 0.3 is 5.97 Å². The molecule has 1 fully saturated rings. The highest BCUT2D eigenvalue weighted by molar-refractivity contribution is 5.94. The van der Waals surface area contributed by atoms with Crippen molar-refractivity contribution in [2.75, 3.05) is 25.1 Å². The maximum Gasteiger partial charge on any atom is 0.326 e. The molecule has 1 amide bonds. The third kappa shape index (κ3) is 5.87. The van der Waals surface area contributed by atoms with Crippen molar-refractivity contribution in [2.45, 2.75) is 69.7 Å². The molecule has 1 aliphatic carbocycles. The number of hydrogen-bond donors (Lipinski definition) is 4. The largest absolute Gasteiger partial charge is 0.493 e. The average molecular weight is 484 g/mol. The molecular weight excluding hydrogens is 450 g/mol. The second-order valence-electron chi connectivity index (χ2n) is 9.30. The molecule has 10 heteroatoms. The zero-order valence-electron chi connectivity index (χ0n) is 20.0. The number of pyridine rings is 1. The van der Waals surface area contributed by atoms with Crippen LogP contribution in [0.2, 0.25) is 0 Å². The number of fused-ring (bicyclic) bond motifs is 1. The summed E-state index contributed by atoms with van der Waals surface area (Å²) in [5, 5.41) is 25.7. The first-order valence-corrected chi connectivity index (χ1v) is 12.3. The molecule has 10 nitrogen and oxygen atoms in total. The maximum absolute atomic E-state index is 13.0. The van der Waals surface area contributed by atoms with Crippen molar-refractivity contribution in [3.8, 4) is 5.88 Å². The minimum Gasteiger partial charge on any atom is -0.493 e. The van der Waals surface area contributed by atoms with Crippen molar-refractivity contribution in [1.29, 1.82) is 0 Å². The topological polar surface area (TPSA) is 147 Å². The maximum atomic E-state index is 13.0. The van der Waals surface area contributed by atoms with Crippen molar-refractivity contribution in [3.05, 3.63) is 41.0 Å². The summed E-state index contributed by atoms with van der Waals surface area (Å²) in [6.45, 7) is 3.41. The molecule has 188 valence electrons. The van der Waals surface area contributed by atoms with E-state index >= 15 is 0 Å². The van der Waals surface area contributed by atoms with E-state index in [0.717, 1.165) is 50.2 Å². The van der Waals surface area contributed by atoms with Gasteiger partial charge in [-0.15, -0.1) is 0 Å². The minimum absolute atomic E-state index is 0.158. The molecular formula is C25H33N5O5. The van der Waals surface area contributed by atoms with Crippen LogP contribution in [-0.4, -0.2) is 62.8 Å². The van der Waals surface area contributed by atoms with Crippen LogP contribution in [0.5, 0.6) is 5.88 Å². The number of nitrogens with zero attached hydrogens (tertiary/aromatic N) is 3. The lowest BCUT2D eigenvalue weighted by atomic mass is 9.93. The summed E-state index contributed by atoms with van der Waals surface area (Å²) >= 11 is 0. The Hall–Kier alpha value is -3.27. The van der Waals surface area contributed by atoms with Crippen LogP contribution in [0.15, 0.2) is 18.5 Å². The molecule has 0 bridgehead atoms. The number of carboxylic acids is 1. The second kappa shape index (κ2) is 11.0. The van der Waals surface area contributed by atoms with Crippen molar-refractivity contribution in [2.24, 2.45) is 0 Å². The number of nitrogens with one attached hydrogen (secondary N) is 2. The molecule has 35 heavy (non-hydrogen) atoms. The molecule has 0 radical (unpaired) electrons. The third-order valence-corrected chi connectivity index (χ3v) is 6.76. The first-order valence-electron chi connectivity index (χ1n) is 12.3. The van der Waals surface area contributed by atoms with Gasteiger partial charge in [-0.2, -0.15) is 0 Å². The van der Waals surface area contributed by atoms with Gasteiger partial charge in [0, 0.05) is 37.6 Å². The van der Waals surface area contributed by atoms with Crippen LogP contribution in [0.1, 0.15) is 61.0 Å². The predicted octanol–water partition coefficient (Wildman–Crippen LogP) is 2.27. The normalized spacial score (nSPS) is 16.6. The van der Waals surface area contributed by atoms with Crippen molar-refractivity contribution < 1.29 is 24.5 Å². The molecule has 1 aliphatic heterocycles. The van der Waals surface area contributed by atoms with Gasteiger partial charge in [0.15, 0.2) is 0 Å². The summed E-state index contributed by atoms with van der Waals surface area (Å²) in [7, 11) is 0. The van der Waals surface area contributed by atoms with Crippen LogP contribution < -0.4 is 10.6 Å². The molecule has 4 rings (SSSR count). The molecule has 2 aromatic rings. The summed E-state index contributed by atoms with van der Waals surface area (Å²) in [4.78, 5) is 37.2. The number of aryl methyl sites for hydroxylation is 3. The quantitative estimate of drug-likeness (QED) is 0.334. The van der Waals surface area contributed by atoms with Crippen LogP contribution in [-0.2, 0) is 32.6 Å². The van der Waals surface area contributed by atoms with E-state index in [2.05, 4.69) is 32.7 Å². The van der Waals surface area contributed by atoms with Gasteiger partial charge in [-0.3, -0.25) is 4.79 Å². The lowest BCUT2D eigenvalue weighted by molar-refractivity contribution is -0.142. The Balaban J connectivity index is 1.19. The molecule has 2 aliphatic rings. The van der Waals surface area contributed by atoms with Crippen LogP contribution >= 0.6 is 0 Å². The Bertz CT molecular complexity index is 1050. The number of amides is 1. The molecule has 1 atom stereocenters. The third-order valence-electron chi connectivity index (χ3n) is 6.76. The van der Waals surface area contributed by atoms with Crippen molar-refractivity contribution >= 4 is 17.7 Å². The number of carbonyl (C=O) groups is 2. The van der Waals surface area contributed by atoms with Gasteiger partial charge in [-0.1, -0.05) is 6.07 Å². The summed E-state index contributed by atoms with van der Waals surface area (Å²) in [6, 6.07) is 3.17. The molecule has 3 heterocycles. The number of aliphatic carboxylic acids is 1. The van der Waals surface area contributed by atoms with E-state index in [1.54, 1.807) is 6.92 Å². The highest BCUT2D eigenvalue weighted by Crippen LogP contribution is 2.51. The fourth-order valence-electron chi connectivity index (χ4n) is 4.61. The van der Waals surface area contributed by atoms with Gasteiger partial charge in [-0.05, 0) is 63.5 Å². The number of rotatable bonds is 12. The van der Waals surface area contributed by atoms with Gasteiger partial charge in [0.25, 0.3) is 0 Å². The predicted molar refractivity (Wildman–Crippen MR) is 128 cm³/mol. The van der Waals surface area contributed by atoms with E-state index in [4.69, 9.17) is 9.72 Å². The van der Waals surface area contributed by atoms with Crippen molar-refractivity contribution in [3.63, 3.8) is 0 Å². The van der Waals surface area contributed by atoms with Crippen LogP contribution in [0.25, 0.3) is 0 Å². The number of carbonyl (C=O) groups excluding carboxylic acids is 1. The zero-order valence-corrected chi connectivity index (χ0v) is 20.0. The van der Waals surface area contributed by atoms with E-state index in [-0.39, 0.29) is 18.9 Å². The fourth-order valence-corrected chi connectivity index (χ4v) is 4.61. The fraction of sp³-hybridized carbons (Fsp3) is 0.560. The first-order chi connectivity index (χ1) is 16.9. The van der Waals surface area contributed by atoms with Gasteiger partial charge in [-0.25, -0.2) is 19.7 Å². The van der Waals surface area contributed by atoms with E-state index in [1.165, 1.54) is 11.9 Å². The summed E-state index contributed by atoms with van der Waals surface area (Å²) in [6.07, 6.45) is 7.27. The van der Waals surface area contributed by atoms with Crippen LogP contribution in [0, 0.1) is 6.92 Å². The number of aromatic nitrogens is 3. The SMILES string of the molecule is Cc1ncnc(O)c1C1(C(=O)N[C@@H](CCOCCCCc2ccc3c(n2)NCCC3)C(=O)O)CC1. The Kier molecular flexibility index (Phi) is 7.80. The summed E-state index contributed by atoms with van der Waals surface area (Å²) in [5.41, 5.74) is 2.26. The molecule has 4 N–H and O–H groups in total. The molecule has 0 aromatic carbocycles. The van der Waals surface area contributed by atoms with Gasteiger partial charge in [0.1, 0.15) is 18.2 Å². The Morgan fingerprint density at radius 2 is 2.06 bits per heavy atom. The molecule has 0 unspecified atom stereocenters. The number of carboxylic acid groups (broad SMARTS) is 1. The van der Waals surface area contributed by atoms with Crippen LogP contribution in [0.4, 0.5) is 5.82 Å². The van der Waals surface area contributed by atoms with E-state index in [1.807, 2.05) is 0 Å². The van der Waals surface area contributed by atoms with E-state index in [9.17, 15) is 19.8 Å². The van der Waals surface area contributed by atoms with Crippen LogP contribution in [0.3, 0.4) is 0 Å². The van der Waals surface area contributed by atoms with Gasteiger partial charge in [0.2, 0.25) is 11.8 Å². The minimum atomic E-state index is -1.12. The molecule has 2 aromatic heterocycles. The molecule has 0 spiro atoms.